The fourth-order valence-corrected chi connectivity index (χ4v) is 4.01. The number of aliphatic hydroxyl groups excluding tert-OH is 1. The van der Waals surface area contributed by atoms with Crippen LogP contribution >= 0.6 is 0 Å². The smallest absolute Gasteiger partial charge is 0.116 e. The number of ether oxygens (including phenoxy) is 3. The second-order valence-electron chi connectivity index (χ2n) is 8.81. The van der Waals surface area contributed by atoms with Gasteiger partial charge < -0.3 is 19.3 Å². The van der Waals surface area contributed by atoms with Crippen molar-refractivity contribution in [3.63, 3.8) is 0 Å². The Morgan fingerprint density at radius 1 is 0.541 bits per heavy atom. The molecule has 0 bridgehead atoms. The predicted molar refractivity (Wildman–Crippen MR) is 148 cm³/mol. The van der Waals surface area contributed by atoms with E-state index in [1.807, 2.05) is 133 Å². The topological polar surface area (TPSA) is 47.9 Å². The monoisotopic (exact) mass is 494 g/mol. The Labute approximate surface area is 219 Å². The van der Waals surface area contributed by atoms with Crippen molar-refractivity contribution in [2.24, 2.45) is 0 Å². The van der Waals surface area contributed by atoms with Crippen molar-refractivity contribution in [1.82, 2.24) is 0 Å². The average Bonchev–Trinajstić information content (AvgIpc) is 2.97. The molecule has 4 rings (SSSR count). The van der Waals surface area contributed by atoms with Crippen molar-refractivity contribution in [1.29, 1.82) is 0 Å². The molecular formula is C33H34O4. The maximum atomic E-state index is 10.4. The van der Waals surface area contributed by atoms with Crippen LogP contribution in [0.2, 0.25) is 0 Å². The van der Waals surface area contributed by atoms with Crippen LogP contribution in [-0.4, -0.2) is 30.0 Å². The first-order valence-corrected chi connectivity index (χ1v) is 12.6. The molecule has 3 atom stereocenters. The summed E-state index contributed by atoms with van der Waals surface area (Å²) in [5.41, 5.74) is 4.20. The molecule has 4 heteroatoms. The van der Waals surface area contributed by atoms with Crippen molar-refractivity contribution in [3.05, 3.63) is 150 Å². The van der Waals surface area contributed by atoms with Gasteiger partial charge in [0.1, 0.15) is 18.3 Å². The van der Waals surface area contributed by atoms with Crippen LogP contribution < -0.4 is 0 Å². The van der Waals surface area contributed by atoms with Crippen molar-refractivity contribution in [2.45, 2.75) is 38.1 Å². The van der Waals surface area contributed by atoms with Gasteiger partial charge in [0.15, 0.2) is 0 Å². The van der Waals surface area contributed by atoms with E-state index in [1.165, 1.54) is 0 Å². The molecule has 0 spiro atoms. The summed E-state index contributed by atoms with van der Waals surface area (Å²) in [6.45, 7) is 0.954. The van der Waals surface area contributed by atoms with Crippen LogP contribution in [0.25, 0.3) is 6.08 Å². The lowest BCUT2D eigenvalue weighted by Crippen LogP contribution is -2.43. The molecule has 0 unspecified atom stereocenters. The summed E-state index contributed by atoms with van der Waals surface area (Å²) in [6, 6.07) is 40.1. The van der Waals surface area contributed by atoms with Gasteiger partial charge >= 0.3 is 0 Å². The van der Waals surface area contributed by atoms with Crippen molar-refractivity contribution >= 4 is 6.08 Å². The Kier molecular flexibility index (Phi) is 10.7. The normalized spacial score (nSPS) is 13.9. The second-order valence-corrected chi connectivity index (χ2v) is 8.81. The Bertz CT molecular complexity index is 1160. The summed E-state index contributed by atoms with van der Waals surface area (Å²) >= 11 is 0. The van der Waals surface area contributed by atoms with Crippen LogP contribution in [0.4, 0.5) is 0 Å². The van der Waals surface area contributed by atoms with Gasteiger partial charge in [0.05, 0.1) is 26.4 Å². The summed E-state index contributed by atoms with van der Waals surface area (Å²) in [5.74, 6) is 0. The number of benzene rings is 4. The van der Waals surface area contributed by atoms with E-state index in [9.17, 15) is 5.11 Å². The number of hydrogen-bond acceptors (Lipinski definition) is 4. The highest BCUT2D eigenvalue weighted by atomic mass is 16.6. The van der Waals surface area contributed by atoms with E-state index < -0.39 is 18.3 Å². The van der Waals surface area contributed by atoms with Crippen LogP contribution in [0.5, 0.6) is 0 Å². The number of rotatable bonds is 14. The molecule has 190 valence electrons. The highest BCUT2D eigenvalue weighted by Crippen LogP contribution is 2.20. The minimum atomic E-state index is -0.592. The number of hydrogen-bond donors (Lipinski definition) is 1. The molecule has 0 saturated heterocycles. The zero-order valence-corrected chi connectivity index (χ0v) is 20.9. The zero-order valence-electron chi connectivity index (χ0n) is 20.9. The molecule has 0 aliphatic rings. The molecule has 4 nitrogen and oxygen atoms in total. The molecule has 37 heavy (non-hydrogen) atoms. The molecule has 0 aliphatic heterocycles. The van der Waals surface area contributed by atoms with Gasteiger partial charge in [-0.1, -0.05) is 133 Å². The summed E-state index contributed by atoms with van der Waals surface area (Å²) < 4.78 is 19.1. The van der Waals surface area contributed by atoms with Gasteiger partial charge in [-0.05, 0) is 22.3 Å². The summed E-state index contributed by atoms with van der Waals surface area (Å²) in [7, 11) is 0. The molecule has 0 fully saturated rings. The van der Waals surface area contributed by atoms with Crippen molar-refractivity contribution < 1.29 is 19.3 Å². The predicted octanol–water partition coefficient (Wildman–Crippen LogP) is 6.45. The fourth-order valence-electron chi connectivity index (χ4n) is 4.01. The molecule has 1 N–H and O–H groups in total. The Hall–Kier alpha value is -3.54. The molecule has 4 aromatic rings. The first-order chi connectivity index (χ1) is 18.3. The minimum Gasteiger partial charge on any atom is -0.394 e. The van der Waals surface area contributed by atoms with Gasteiger partial charge in [-0.25, -0.2) is 0 Å². The van der Waals surface area contributed by atoms with Crippen molar-refractivity contribution in [3.8, 4) is 0 Å². The number of aliphatic hydroxyl groups is 1. The van der Waals surface area contributed by atoms with Gasteiger partial charge in [-0.2, -0.15) is 0 Å². The van der Waals surface area contributed by atoms with Crippen molar-refractivity contribution in [2.75, 3.05) is 6.61 Å². The quantitative estimate of drug-likeness (QED) is 0.219. The van der Waals surface area contributed by atoms with Gasteiger partial charge in [0, 0.05) is 0 Å². The molecule has 4 aromatic carbocycles. The van der Waals surface area contributed by atoms with E-state index >= 15 is 0 Å². The lowest BCUT2D eigenvalue weighted by Gasteiger charge is -2.31. The highest BCUT2D eigenvalue weighted by Gasteiger charge is 2.31. The molecule has 0 radical (unpaired) electrons. The maximum Gasteiger partial charge on any atom is 0.116 e. The molecule has 0 saturated carbocycles. The minimum absolute atomic E-state index is 0.198. The van der Waals surface area contributed by atoms with Gasteiger partial charge in [0.25, 0.3) is 0 Å². The van der Waals surface area contributed by atoms with E-state index in [1.54, 1.807) is 0 Å². The van der Waals surface area contributed by atoms with Gasteiger partial charge in [-0.15, -0.1) is 0 Å². The molecule has 0 heterocycles. The Morgan fingerprint density at radius 2 is 0.973 bits per heavy atom. The second kappa shape index (κ2) is 14.9. The highest BCUT2D eigenvalue weighted by molar-refractivity contribution is 5.49. The van der Waals surface area contributed by atoms with Gasteiger partial charge in [0.2, 0.25) is 0 Å². The van der Waals surface area contributed by atoms with E-state index in [2.05, 4.69) is 0 Å². The summed E-state index contributed by atoms with van der Waals surface area (Å²) in [5, 5.41) is 10.4. The van der Waals surface area contributed by atoms with E-state index in [-0.39, 0.29) is 6.61 Å². The van der Waals surface area contributed by atoms with E-state index in [0.717, 1.165) is 22.3 Å². The zero-order chi connectivity index (χ0) is 25.5. The fraction of sp³-hybridized carbons (Fsp3) is 0.212. The molecule has 0 aromatic heterocycles. The van der Waals surface area contributed by atoms with Crippen LogP contribution in [0.3, 0.4) is 0 Å². The molecular weight excluding hydrogens is 460 g/mol. The molecule has 0 aliphatic carbocycles. The van der Waals surface area contributed by atoms with Crippen LogP contribution in [0.15, 0.2) is 127 Å². The van der Waals surface area contributed by atoms with Crippen LogP contribution in [-0.2, 0) is 34.0 Å². The largest absolute Gasteiger partial charge is 0.394 e. The first kappa shape index (κ1) is 26.5. The van der Waals surface area contributed by atoms with E-state index in [4.69, 9.17) is 14.2 Å². The average molecular weight is 495 g/mol. The third kappa shape index (κ3) is 8.81. The Morgan fingerprint density at radius 3 is 1.46 bits per heavy atom. The summed E-state index contributed by atoms with van der Waals surface area (Å²) in [6.07, 6.45) is 2.43. The Balaban J connectivity index is 1.58. The van der Waals surface area contributed by atoms with Crippen LogP contribution in [0, 0.1) is 0 Å². The lowest BCUT2D eigenvalue weighted by atomic mass is 10.0. The third-order valence-electron chi connectivity index (χ3n) is 6.03. The standard InChI is InChI=1S/C33H34O4/c34-23-32(36-25-29-17-9-3-10-18-29)33(37-26-30-19-11-4-12-20-30)31(22-21-27-13-5-1-6-14-27)35-24-28-15-7-2-8-16-28/h1-22,31-34H,23-26H2/t31-,32+,33-/m0/s1. The maximum absolute atomic E-state index is 10.4. The SMILES string of the molecule is OC[C@@H](OCc1ccccc1)[C@@H](OCc1ccccc1)[C@H](C=Cc1ccccc1)OCc1ccccc1. The first-order valence-electron chi connectivity index (χ1n) is 12.6. The third-order valence-corrected chi connectivity index (χ3v) is 6.03. The lowest BCUT2D eigenvalue weighted by molar-refractivity contribution is -0.149. The van der Waals surface area contributed by atoms with Gasteiger partial charge in [-0.3, -0.25) is 0 Å². The summed E-state index contributed by atoms with van der Waals surface area (Å²) in [4.78, 5) is 0. The van der Waals surface area contributed by atoms with Crippen LogP contribution in [0.1, 0.15) is 22.3 Å². The van der Waals surface area contributed by atoms with E-state index in [0.29, 0.717) is 19.8 Å². The molecule has 0 amide bonds.